The highest BCUT2D eigenvalue weighted by Gasteiger charge is 2.28. The Morgan fingerprint density at radius 1 is 0.971 bits per heavy atom. The van der Waals surface area contributed by atoms with Gasteiger partial charge in [-0.3, -0.25) is 9.10 Å². The van der Waals surface area contributed by atoms with Crippen LogP contribution in [0.1, 0.15) is 25.3 Å². The molecule has 1 amide bonds. The van der Waals surface area contributed by atoms with Gasteiger partial charge in [0.25, 0.3) is 10.0 Å². The molecule has 3 aromatic carbocycles. The number of hydrogen-bond acceptors (Lipinski definition) is 4. The number of amides is 1. The van der Waals surface area contributed by atoms with E-state index in [9.17, 15) is 13.2 Å². The van der Waals surface area contributed by atoms with Gasteiger partial charge >= 0.3 is 0 Å². The first-order chi connectivity index (χ1) is 16.4. The Morgan fingerprint density at radius 3 is 2.38 bits per heavy atom. The molecule has 0 unspecified atom stereocenters. The third kappa shape index (κ3) is 6.74. The van der Waals surface area contributed by atoms with Crippen molar-refractivity contribution in [2.45, 2.75) is 31.1 Å². The summed E-state index contributed by atoms with van der Waals surface area (Å²) in [6, 6.07) is 22.4. The fourth-order valence-corrected chi connectivity index (χ4v) is 5.18. The van der Waals surface area contributed by atoms with Gasteiger partial charge < -0.3 is 10.1 Å². The van der Waals surface area contributed by atoms with Crippen molar-refractivity contribution >= 4 is 33.2 Å². The molecule has 0 heterocycles. The largest absolute Gasteiger partial charge is 0.493 e. The number of carbonyl (C=O) groups excluding carboxylic acids is 1. The van der Waals surface area contributed by atoms with E-state index in [1.54, 1.807) is 42.5 Å². The molecule has 0 spiro atoms. The lowest BCUT2D eigenvalue weighted by molar-refractivity contribution is -0.119. The molecular formula is C26H29ClN2O4S. The van der Waals surface area contributed by atoms with Crippen LogP contribution in [-0.2, 0) is 21.2 Å². The number of nitrogens with zero attached hydrogens (tertiary/aromatic N) is 1. The molecule has 0 atom stereocenters. The van der Waals surface area contributed by atoms with Gasteiger partial charge in [-0.1, -0.05) is 67.1 Å². The van der Waals surface area contributed by atoms with Crippen molar-refractivity contribution in [2.75, 3.05) is 24.0 Å². The van der Waals surface area contributed by atoms with Gasteiger partial charge in [0.1, 0.15) is 12.3 Å². The summed E-state index contributed by atoms with van der Waals surface area (Å²) >= 11 is 6.29. The molecule has 3 rings (SSSR count). The van der Waals surface area contributed by atoms with E-state index in [0.717, 1.165) is 28.5 Å². The lowest BCUT2D eigenvalue weighted by atomic mass is 10.1. The number of benzene rings is 3. The van der Waals surface area contributed by atoms with Crippen LogP contribution in [0, 0.1) is 0 Å². The average molecular weight is 501 g/mol. The van der Waals surface area contributed by atoms with Crippen LogP contribution in [0.4, 0.5) is 5.69 Å². The van der Waals surface area contributed by atoms with Gasteiger partial charge in [-0.2, -0.15) is 0 Å². The molecule has 0 saturated heterocycles. The number of sulfonamides is 1. The quantitative estimate of drug-likeness (QED) is 0.352. The van der Waals surface area contributed by atoms with Crippen LogP contribution >= 0.6 is 11.6 Å². The van der Waals surface area contributed by atoms with Crippen molar-refractivity contribution in [3.8, 4) is 5.75 Å². The number of halogens is 1. The smallest absolute Gasteiger partial charge is 0.264 e. The molecule has 0 bridgehead atoms. The fourth-order valence-electron chi connectivity index (χ4n) is 3.43. The SMILES string of the molecule is CCCOc1ccccc1CCCNC(=O)CN(c1ccccc1Cl)S(=O)(=O)c1ccccc1. The molecule has 0 aliphatic heterocycles. The number of ether oxygens (including phenoxy) is 1. The maximum absolute atomic E-state index is 13.3. The Bertz CT molecular complexity index is 1190. The normalized spacial score (nSPS) is 11.1. The minimum Gasteiger partial charge on any atom is -0.493 e. The Morgan fingerprint density at radius 2 is 1.65 bits per heavy atom. The van der Waals surface area contributed by atoms with Crippen LogP contribution in [-0.4, -0.2) is 34.0 Å². The Hall–Kier alpha value is -3.03. The van der Waals surface area contributed by atoms with E-state index in [1.165, 1.54) is 12.1 Å². The van der Waals surface area contributed by atoms with Crippen LogP contribution < -0.4 is 14.4 Å². The maximum atomic E-state index is 13.3. The minimum atomic E-state index is -3.99. The highest BCUT2D eigenvalue weighted by atomic mass is 35.5. The van der Waals surface area contributed by atoms with E-state index < -0.39 is 15.9 Å². The van der Waals surface area contributed by atoms with E-state index in [4.69, 9.17) is 16.3 Å². The van der Waals surface area contributed by atoms with Gasteiger partial charge in [0.05, 0.1) is 22.2 Å². The van der Waals surface area contributed by atoms with Crippen molar-refractivity contribution in [2.24, 2.45) is 0 Å². The predicted octanol–water partition coefficient (Wildman–Crippen LogP) is 5.07. The molecular weight excluding hydrogens is 472 g/mol. The van der Waals surface area contributed by atoms with Crippen LogP contribution in [0.3, 0.4) is 0 Å². The molecule has 3 aromatic rings. The summed E-state index contributed by atoms with van der Waals surface area (Å²) in [5.41, 5.74) is 1.33. The first-order valence-electron chi connectivity index (χ1n) is 11.2. The van der Waals surface area contributed by atoms with Gasteiger partial charge in [0.15, 0.2) is 0 Å². The van der Waals surface area contributed by atoms with Gasteiger partial charge in [-0.05, 0) is 55.2 Å². The molecule has 0 saturated carbocycles. The molecule has 1 N–H and O–H groups in total. The Balaban J connectivity index is 1.66. The van der Waals surface area contributed by atoms with Crippen molar-refractivity contribution in [1.29, 1.82) is 0 Å². The molecule has 34 heavy (non-hydrogen) atoms. The third-order valence-corrected chi connectivity index (χ3v) is 7.21. The fraction of sp³-hybridized carbons (Fsp3) is 0.269. The molecule has 0 aliphatic rings. The molecule has 0 aliphatic carbocycles. The van der Waals surface area contributed by atoms with Crippen molar-refractivity contribution in [1.82, 2.24) is 5.32 Å². The Kier molecular flexibility index (Phi) is 9.36. The van der Waals surface area contributed by atoms with Crippen molar-refractivity contribution < 1.29 is 17.9 Å². The monoisotopic (exact) mass is 500 g/mol. The molecule has 6 nitrogen and oxygen atoms in total. The van der Waals surface area contributed by atoms with Gasteiger partial charge in [0.2, 0.25) is 5.91 Å². The first-order valence-corrected chi connectivity index (χ1v) is 13.0. The second kappa shape index (κ2) is 12.4. The molecule has 8 heteroatoms. The lowest BCUT2D eigenvalue weighted by Gasteiger charge is -2.25. The number of anilines is 1. The molecule has 0 aromatic heterocycles. The summed E-state index contributed by atoms with van der Waals surface area (Å²) in [5.74, 6) is 0.449. The van der Waals surface area contributed by atoms with Crippen LogP contribution in [0.25, 0.3) is 0 Å². The van der Waals surface area contributed by atoms with E-state index in [-0.39, 0.29) is 22.2 Å². The van der Waals surface area contributed by atoms with Crippen LogP contribution in [0.5, 0.6) is 5.75 Å². The summed E-state index contributed by atoms with van der Waals surface area (Å²) in [4.78, 5) is 12.8. The zero-order valence-electron chi connectivity index (χ0n) is 19.1. The zero-order valence-corrected chi connectivity index (χ0v) is 20.7. The predicted molar refractivity (Wildman–Crippen MR) is 136 cm³/mol. The standard InChI is InChI=1S/C26H29ClN2O4S/c1-2-19-33-25-17-9-6-11-21(25)12-10-18-28-26(30)20-29(24-16-8-7-15-23(24)27)34(31,32)22-13-4-3-5-14-22/h3-9,11,13-17H,2,10,12,18-20H2,1H3,(H,28,30). The summed E-state index contributed by atoms with van der Waals surface area (Å²) < 4.78 is 33.5. The molecule has 0 fully saturated rings. The van der Waals surface area contributed by atoms with E-state index in [2.05, 4.69) is 12.2 Å². The summed E-state index contributed by atoms with van der Waals surface area (Å²) in [6.45, 7) is 2.74. The second-order valence-electron chi connectivity index (χ2n) is 7.69. The van der Waals surface area contributed by atoms with Gasteiger partial charge in [-0.15, -0.1) is 0 Å². The highest BCUT2D eigenvalue weighted by molar-refractivity contribution is 7.92. The van der Waals surface area contributed by atoms with Crippen LogP contribution in [0.2, 0.25) is 5.02 Å². The van der Waals surface area contributed by atoms with E-state index in [1.807, 2.05) is 24.3 Å². The zero-order chi connectivity index (χ0) is 24.4. The number of rotatable bonds is 12. The molecule has 0 radical (unpaired) electrons. The number of hydrogen-bond donors (Lipinski definition) is 1. The van der Waals surface area contributed by atoms with Crippen LogP contribution in [0.15, 0.2) is 83.8 Å². The number of nitrogens with one attached hydrogen (secondary N) is 1. The Labute approximate surface area is 206 Å². The number of para-hydroxylation sites is 2. The molecule has 180 valence electrons. The summed E-state index contributed by atoms with van der Waals surface area (Å²) in [5, 5.41) is 3.08. The average Bonchev–Trinajstić information content (AvgIpc) is 2.85. The second-order valence-corrected chi connectivity index (χ2v) is 9.96. The minimum absolute atomic E-state index is 0.0893. The summed E-state index contributed by atoms with van der Waals surface area (Å²) in [7, 11) is -3.99. The summed E-state index contributed by atoms with van der Waals surface area (Å²) in [6.07, 6.45) is 2.35. The van der Waals surface area contributed by atoms with Crippen molar-refractivity contribution in [3.63, 3.8) is 0 Å². The number of carbonyl (C=O) groups is 1. The maximum Gasteiger partial charge on any atom is 0.264 e. The highest BCUT2D eigenvalue weighted by Crippen LogP contribution is 2.30. The van der Waals surface area contributed by atoms with E-state index in [0.29, 0.717) is 19.6 Å². The first kappa shape index (κ1) is 25.6. The third-order valence-electron chi connectivity index (χ3n) is 5.12. The van der Waals surface area contributed by atoms with Gasteiger partial charge in [-0.25, -0.2) is 8.42 Å². The topological polar surface area (TPSA) is 75.7 Å². The van der Waals surface area contributed by atoms with E-state index >= 15 is 0 Å². The lowest BCUT2D eigenvalue weighted by Crippen LogP contribution is -2.41. The van der Waals surface area contributed by atoms with Crippen molar-refractivity contribution in [3.05, 3.63) is 89.4 Å². The van der Waals surface area contributed by atoms with Gasteiger partial charge in [0, 0.05) is 6.54 Å². The number of aryl methyl sites for hydroxylation is 1.